The molecule has 0 aliphatic carbocycles. The standard InChI is InChI=1S/C15H15BrF4N4S.HI/c1-21-14(23-7-9-2-3-10(16)11(17)6-9)22-5-4-13-24-12(8-25-13)15(18,19)20;/h2-3,6,8H,4-5,7H2,1H3,(H2,21,22,23);1H. The summed E-state index contributed by atoms with van der Waals surface area (Å²) in [6.45, 7) is 0.735. The van der Waals surface area contributed by atoms with Gasteiger partial charge in [-0.1, -0.05) is 6.07 Å². The maximum Gasteiger partial charge on any atom is 0.434 e. The summed E-state index contributed by atoms with van der Waals surface area (Å²) < 4.78 is 51.3. The van der Waals surface area contributed by atoms with Crippen LogP contribution < -0.4 is 10.6 Å². The first-order valence-corrected chi connectivity index (χ1v) is 8.87. The van der Waals surface area contributed by atoms with Crippen LogP contribution in [0, 0.1) is 5.82 Å². The first kappa shape index (κ1) is 23.1. The zero-order chi connectivity index (χ0) is 18.4. The lowest BCUT2D eigenvalue weighted by Gasteiger charge is -2.11. The third kappa shape index (κ3) is 6.99. The summed E-state index contributed by atoms with van der Waals surface area (Å²) in [5.74, 6) is 0.113. The summed E-state index contributed by atoms with van der Waals surface area (Å²) >= 11 is 4.06. The monoisotopic (exact) mass is 566 g/mol. The molecule has 2 rings (SSSR count). The number of alkyl halides is 3. The van der Waals surface area contributed by atoms with Crippen molar-refractivity contribution in [1.29, 1.82) is 0 Å². The van der Waals surface area contributed by atoms with E-state index < -0.39 is 11.9 Å². The molecule has 0 atom stereocenters. The van der Waals surface area contributed by atoms with Crippen molar-refractivity contribution in [2.75, 3.05) is 13.6 Å². The van der Waals surface area contributed by atoms with Gasteiger partial charge in [0.15, 0.2) is 11.7 Å². The summed E-state index contributed by atoms with van der Waals surface area (Å²) in [4.78, 5) is 7.58. The fraction of sp³-hybridized carbons (Fsp3) is 0.333. The molecule has 0 bridgehead atoms. The summed E-state index contributed by atoms with van der Waals surface area (Å²) in [6, 6.07) is 4.78. The van der Waals surface area contributed by atoms with Crippen molar-refractivity contribution in [1.82, 2.24) is 15.6 Å². The molecule has 0 saturated carbocycles. The number of aromatic nitrogens is 1. The molecule has 1 heterocycles. The molecule has 0 aliphatic rings. The van der Waals surface area contributed by atoms with Gasteiger partial charge in [0.05, 0.1) is 9.48 Å². The van der Waals surface area contributed by atoms with Gasteiger partial charge in [0.2, 0.25) is 0 Å². The van der Waals surface area contributed by atoms with Crippen molar-refractivity contribution in [3.63, 3.8) is 0 Å². The van der Waals surface area contributed by atoms with Crippen molar-refractivity contribution in [2.45, 2.75) is 19.1 Å². The Bertz CT molecular complexity index is 751. The SMILES string of the molecule is CN=C(NCCc1nc(C(F)(F)F)cs1)NCc1ccc(Br)c(F)c1.I. The number of nitrogens with zero attached hydrogens (tertiary/aromatic N) is 2. The lowest BCUT2D eigenvalue weighted by Crippen LogP contribution is -2.37. The molecule has 4 nitrogen and oxygen atoms in total. The van der Waals surface area contributed by atoms with Crippen molar-refractivity contribution < 1.29 is 17.6 Å². The Labute approximate surface area is 177 Å². The normalized spacial score (nSPS) is 11.8. The molecule has 144 valence electrons. The molecule has 0 aliphatic heterocycles. The van der Waals surface area contributed by atoms with Gasteiger partial charge in [0.25, 0.3) is 0 Å². The molecule has 0 saturated heterocycles. The number of hydrogen-bond acceptors (Lipinski definition) is 3. The quantitative estimate of drug-likeness (QED) is 0.241. The number of guanidine groups is 1. The van der Waals surface area contributed by atoms with Crippen LogP contribution in [0.2, 0.25) is 0 Å². The second-order valence-electron chi connectivity index (χ2n) is 4.98. The Kier molecular flexibility index (Phi) is 9.24. The van der Waals surface area contributed by atoms with Crippen LogP contribution in [0.3, 0.4) is 0 Å². The van der Waals surface area contributed by atoms with Gasteiger partial charge < -0.3 is 10.6 Å². The topological polar surface area (TPSA) is 49.3 Å². The Hall–Kier alpha value is -0.950. The Morgan fingerprint density at radius 2 is 2.04 bits per heavy atom. The molecule has 0 spiro atoms. The number of thiazole rings is 1. The average molecular weight is 567 g/mol. The van der Waals surface area contributed by atoms with Crippen LogP contribution >= 0.6 is 51.2 Å². The van der Waals surface area contributed by atoms with Crippen LogP contribution in [0.4, 0.5) is 17.6 Å². The lowest BCUT2D eigenvalue weighted by atomic mass is 10.2. The van der Waals surface area contributed by atoms with Gasteiger partial charge in [-0.25, -0.2) is 9.37 Å². The lowest BCUT2D eigenvalue weighted by molar-refractivity contribution is -0.140. The van der Waals surface area contributed by atoms with E-state index in [1.807, 2.05) is 0 Å². The second-order valence-corrected chi connectivity index (χ2v) is 6.77. The van der Waals surface area contributed by atoms with Crippen molar-refractivity contribution >= 4 is 57.2 Å². The second kappa shape index (κ2) is 10.4. The fourth-order valence-electron chi connectivity index (χ4n) is 1.90. The van der Waals surface area contributed by atoms with Gasteiger partial charge in [0, 0.05) is 31.9 Å². The fourth-order valence-corrected chi connectivity index (χ4v) is 2.95. The molecule has 1 aromatic carbocycles. The number of hydrogen-bond donors (Lipinski definition) is 2. The summed E-state index contributed by atoms with van der Waals surface area (Å²) in [5.41, 5.74) is -0.134. The van der Waals surface area contributed by atoms with E-state index in [0.29, 0.717) is 35.0 Å². The molecule has 2 N–H and O–H groups in total. The molecule has 0 fully saturated rings. The molecular formula is C15H16BrF4IN4S. The Balaban J connectivity index is 0.00000338. The molecule has 0 unspecified atom stereocenters. The predicted molar refractivity (Wildman–Crippen MR) is 109 cm³/mol. The minimum atomic E-state index is -4.42. The highest BCUT2D eigenvalue weighted by molar-refractivity contribution is 14.0. The predicted octanol–water partition coefficient (Wildman–Crippen LogP) is 4.59. The van der Waals surface area contributed by atoms with E-state index in [9.17, 15) is 17.6 Å². The summed E-state index contributed by atoms with van der Waals surface area (Å²) in [6.07, 6.45) is -4.08. The Morgan fingerprint density at radius 3 is 2.62 bits per heavy atom. The zero-order valence-corrected chi connectivity index (χ0v) is 18.3. The number of rotatable bonds is 5. The van der Waals surface area contributed by atoms with Crippen LogP contribution in [-0.4, -0.2) is 24.5 Å². The molecular weight excluding hydrogens is 551 g/mol. The number of halogens is 6. The molecule has 1 aromatic heterocycles. The van der Waals surface area contributed by atoms with Gasteiger partial charge in [-0.15, -0.1) is 35.3 Å². The van der Waals surface area contributed by atoms with Crippen LogP contribution in [0.5, 0.6) is 0 Å². The van der Waals surface area contributed by atoms with Crippen molar-refractivity contribution in [2.24, 2.45) is 4.99 Å². The smallest absolute Gasteiger partial charge is 0.356 e. The number of nitrogens with one attached hydrogen (secondary N) is 2. The van der Waals surface area contributed by atoms with E-state index in [1.165, 1.54) is 6.07 Å². The van der Waals surface area contributed by atoms with Crippen LogP contribution in [0.1, 0.15) is 16.3 Å². The van der Waals surface area contributed by atoms with Crippen LogP contribution in [-0.2, 0) is 19.1 Å². The Morgan fingerprint density at radius 1 is 1.31 bits per heavy atom. The largest absolute Gasteiger partial charge is 0.434 e. The third-order valence-corrected chi connectivity index (χ3v) is 4.69. The molecule has 2 aromatic rings. The number of aliphatic imine (C=N–C) groups is 1. The maximum atomic E-state index is 13.5. The van der Waals surface area contributed by atoms with Gasteiger partial charge in [0.1, 0.15) is 5.82 Å². The van der Waals surface area contributed by atoms with E-state index in [4.69, 9.17) is 0 Å². The van der Waals surface area contributed by atoms with Gasteiger partial charge in [-0.05, 0) is 33.6 Å². The molecule has 0 amide bonds. The first-order chi connectivity index (χ1) is 11.8. The minimum absolute atomic E-state index is 0. The van der Waals surface area contributed by atoms with E-state index in [2.05, 4.69) is 36.5 Å². The van der Waals surface area contributed by atoms with Gasteiger partial charge >= 0.3 is 6.18 Å². The van der Waals surface area contributed by atoms with Crippen LogP contribution in [0.15, 0.2) is 33.0 Å². The minimum Gasteiger partial charge on any atom is -0.356 e. The summed E-state index contributed by atoms with van der Waals surface area (Å²) in [5, 5.41) is 7.39. The molecule has 0 radical (unpaired) electrons. The van der Waals surface area contributed by atoms with Crippen molar-refractivity contribution in [3.8, 4) is 0 Å². The van der Waals surface area contributed by atoms with Crippen LogP contribution in [0.25, 0.3) is 0 Å². The highest BCUT2D eigenvalue weighted by atomic mass is 127. The van der Waals surface area contributed by atoms with Gasteiger partial charge in [-0.2, -0.15) is 13.2 Å². The highest BCUT2D eigenvalue weighted by Gasteiger charge is 2.33. The van der Waals surface area contributed by atoms with E-state index in [-0.39, 0.29) is 29.8 Å². The van der Waals surface area contributed by atoms with E-state index >= 15 is 0 Å². The van der Waals surface area contributed by atoms with E-state index in [0.717, 1.165) is 22.3 Å². The average Bonchev–Trinajstić information content (AvgIpc) is 3.03. The molecule has 11 heteroatoms. The summed E-state index contributed by atoms with van der Waals surface area (Å²) in [7, 11) is 1.57. The molecule has 26 heavy (non-hydrogen) atoms. The zero-order valence-electron chi connectivity index (χ0n) is 13.5. The third-order valence-electron chi connectivity index (χ3n) is 3.14. The van der Waals surface area contributed by atoms with Gasteiger partial charge in [-0.3, -0.25) is 4.99 Å². The first-order valence-electron chi connectivity index (χ1n) is 7.19. The number of benzene rings is 1. The van der Waals surface area contributed by atoms with E-state index in [1.54, 1.807) is 19.2 Å². The maximum absolute atomic E-state index is 13.5. The van der Waals surface area contributed by atoms with Crippen molar-refractivity contribution in [3.05, 3.63) is 50.1 Å². The highest BCUT2D eigenvalue weighted by Crippen LogP contribution is 2.30.